The molecule has 5 nitrogen and oxygen atoms in total. The number of aromatic nitrogens is 3. The van der Waals surface area contributed by atoms with Crippen molar-refractivity contribution in [3.63, 3.8) is 0 Å². The summed E-state index contributed by atoms with van der Waals surface area (Å²) in [5.41, 5.74) is 0.531. The van der Waals surface area contributed by atoms with E-state index in [1.54, 1.807) is 28.8 Å². The van der Waals surface area contributed by atoms with Crippen LogP contribution in [0.2, 0.25) is 5.02 Å². The van der Waals surface area contributed by atoms with Gasteiger partial charge in [0.05, 0.1) is 17.8 Å². The SMILES string of the molecule is O=c1n(-c2ccc(Cl)cc2)nc2n1CCN(Cc1ccc(C(F)(F)F)cc1)C2. The van der Waals surface area contributed by atoms with Crippen LogP contribution in [0.1, 0.15) is 17.0 Å². The molecule has 0 N–H and O–H groups in total. The molecule has 2 aromatic carbocycles. The Labute approximate surface area is 163 Å². The van der Waals surface area contributed by atoms with Gasteiger partial charge in [-0.05, 0) is 42.0 Å². The minimum Gasteiger partial charge on any atom is -0.290 e. The molecule has 0 radical (unpaired) electrons. The number of rotatable bonds is 3. The van der Waals surface area contributed by atoms with Gasteiger partial charge in [-0.2, -0.15) is 17.9 Å². The maximum atomic E-state index is 12.7. The lowest BCUT2D eigenvalue weighted by Gasteiger charge is -2.26. The Kier molecular flexibility index (Phi) is 4.76. The van der Waals surface area contributed by atoms with E-state index in [2.05, 4.69) is 10.00 Å². The second-order valence-electron chi connectivity index (χ2n) is 6.64. The maximum Gasteiger partial charge on any atom is 0.416 e. The number of alkyl halides is 3. The van der Waals surface area contributed by atoms with Crippen molar-refractivity contribution in [3.8, 4) is 5.69 Å². The summed E-state index contributed by atoms with van der Waals surface area (Å²) in [7, 11) is 0. The van der Waals surface area contributed by atoms with Crippen LogP contribution in [0.4, 0.5) is 13.2 Å². The van der Waals surface area contributed by atoms with Crippen LogP contribution in [0.15, 0.2) is 53.3 Å². The molecular weight excluding hydrogens is 393 g/mol. The Hall–Kier alpha value is -2.58. The first-order valence-corrected chi connectivity index (χ1v) is 9.02. The normalized spacial score (nSPS) is 14.9. The summed E-state index contributed by atoms with van der Waals surface area (Å²) in [5.74, 6) is 0.623. The number of nitrogens with zero attached hydrogens (tertiary/aromatic N) is 4. The van der Waals surface area contributed by atoms with Crippen molar-refractivity contribution in [3.05, 3.63) is 81.0 Å². The molecule has 0 saturated carbocycles. The second-order valence-corrected chi connectivity index (χ2v) is 7.08. The first kappa shape index (κ1) is 18.8. The van der Waals surface area contributed by atoms with Gasteiger partial charge < -0.3 is 0 Å². The van der Waals surface area contributed by atoms with Crippen LogP contribution in [0.25, 0.3) is 5.69 Å². The molecule has 1 aliphatic heterocycles. The summed E-state index contributed by atoms with van der Waals surface area (Å²) < 4.78 is 41.0. The lowest BCUT2D eigenvalue weighted by Crippen LogP contribution is -2.37. The Balaban J connectivity index is 1.51. The molecule has 146 valence electrons. The second kappa shape index (κ2) is 7.10. The van der Waals surface area contributed by atoms with Crippen molar-refractivity contribution in [2.75, 3.05) is 6.54 Å². The summed E-state index contributed by atoms with van der Waals surface area (Å²) in [6.45, 7) is 2.01. The smallest absolute Gasteiger partial charge is 0.290 e. The van der Waals surface area contributed by atoms with Crippen molar-refractivity contribution < 1.29 is 13.2 Å². The monoisotopic (exact) mass is 408 g/mol. The van der Waals surface area contributed by atoms with Crippen molar-refractivity contribution in [2.24, 2.45) is 0 Å². The molecule has 28 heavy (non-hydrogen) atoms. The summed E-state index contributed by atoms with van der Waals surface area (Å²) >= 11 is 5.89. The quantitative estimate of drug-likeness (QED) is 0.663. The van der Waals surface area contributed by atoms with E-state index in [4.69, 9.17) is 11.6 Å². The van der Waals surface area contributed by atoms with Crippen LogP contribution in [0.5, 0.6) is 0 Å². The number of hydrogen-bond acceptors (Lipinski definition) is 3. The third-order valence-electron chi connectivity index (χ3n) is 4.70. The summed E-state index contributed by atoms with van der Waals surface area (Å²) in [4.78, 5) is 14.7. The van der Waals surface area contributed by atoms with Crippen LogP contribution in [0.3, 0.4) is 0 Å². The van der Waals surface area contributed by atoms with E-state index >= 15 is 0 Å². The molecule has 0 fully saturated rings. The number of halogens is 4. The van der Waals surface area contributed by atoms with E-state index in [0.29, 0.717) is 42.7 Å². The van der Waals surface area contributed by atoms with Crippen LogP contribution in [0, 0.1) is 0 Å². The molecule has 0 unspecified atom stereocenters. The van der Waals surface area contributed by atoms with E-state index < -0.39 is 11.7 Å². The molecule has 2 heterocycles. The fourth-order valence-electron chi connectivity index (χ4n) is 3.24. The zero-order valence-corrected chi connectivity index (χ0v) is 15.4. The maximum absolute atomic E-state index is 12.7. The third-order valence-corrected chi connectivity index (χ3v) is 4.95. The molecule has 4 rings (SSSR count). The van der Waals surface area contributed by atoms with Gasteiger partial charge in [0.1, 0.15) is 5.82 Å². The third kappa shape index (κ3) is 3.70. The Morgan fingerprint density at radius 3 is 2.32 bits per heavy atom. The van der Waals surface area contributed by atoms with Gasteiger partial charge in [0.15, 0.2) is 0 Å². The number of fused-ring (bicyclic) bond motifs is 1. The van der Waals surface area contributed by atoms with Gasteiger partial charge in [0.2, 0.25) is 0 Å². The average Bonchev–Trinajstić information content (AvgIpc) is 2.98. The van der Waals surface area contributed by atoms with Crippen molar-refractivity contribution in [2.45, 2.75) is 25.8 Å². The molecule has 0 saturated heterocycles. The standard InChI is InChI=1S/C19H16ClF3N4O/c20-15-5-7-16(8-6-15)27-18(28)26-10-9-25(12-17(26)24-27)11-13-1-3-14(4-2-13)19(21,22)23/h1-8H,9-12H2. The van der Waals surface area contributed by atoms with Crippen LogP contribution < -0.4 is 5.69 Å². The molecule has 1 aromatic heterocycles. The molecule has 0 aliphatic carbocycles. The lowest BCUT2D eigenvalue weighted by atomic mass is 10.1. The minimum atomic E-state index is -4.34. The predicted molar refractivity (Wildman–Crippen MR) is 98.4 cm³/mol. The zero-order valence-electron chi connectivity index (χ0n) is 14.7. The summed E-state index contributed by atoms with van der Waals surface area (Å²) in [5, 5.41) is 4.99. The topological polar surface area (TPSA) is 43.1 Å². The number of hydrogen-bond donors (Lipinski definition) is 0. The molecule has 0 atom stereocenters. The van der Waals surface area contributed by atoms with Crippen molar-refractivity contribution >= 4 is 11.6 Å². The fraction of sp³-hybridized carbons (Fsp3) is 0.263. The van der Waals surface area contributed by atoms with Gasteiger partial charge in [0.25, 0.3) is 0 Å². The highest BCUT2D eigenvalue weighted by Crippen LogP contribution is 2.29. The van der Waals surface area contributed by atoms with E-state index in [-0.39, 0.29) is 5.69 Å². The first-order valence-electron chi connectivity index (χ1n) is 8.64. The summed E-state index contributed by atoms with van der Waals surface area (Å²) in [6.07, 6.45) is -4.34. The Morgan fingerprint density at radius 2 is 1.68 bits per heavy atom. The van der Waals surface area contributed by atoms with Gasteiger partial charge in [-0.25, -0.2) is 4.79 Å². The Morgan fingerprint density at radius 1 is 1.00 bits per heavy atom. The molecule has 9 heteroatoms. The minimum absolute atomic E-state index is 0.216. The Bertz CT molecular complexity index is 1040. The van der Waals surface area contributed by atoms with Crippen LogP contribution >= 0.6 is 11.6 Å². The highest BCUT2D eigenvalue weighted by atomic mass is 35.5. The highest BCUT2D eigenvalue weighted by Gasteiger charge is 2.30. The predicted octanol–water partition coefficient (Wildman–Crippen LogP) is 3.72. The van der Waals surface area contributed by atoms with E-state index in [1.807, 2.05) is 0 Å². The summed E-state index contributed by atoms with van der Waals surface area (Å²) in [6, 6.07) is 12.0. The van der Waals surface area contributed by atoms with E-state index in [9.17, 15) is 18.0 Å². The first-order chi connectivity index (χ1) is 13.3. The van der Waals surface area contributed by atoms with Gasteiger partial charge in [0, 0.05) is 24.7 Å². The van der Waals surface area contributed by atoms with Gasteiger partial charge >= 0.3 is 11.9 Å². The zero-order chi connectivity index (χ0) is 19.9. The van der Waals surface area contributed by atoms with Gasteiger partial charge in [-0.15, -0.1) is 5.10 Å². The largest absolute Gasteiger partial charge is 0.416 e. The number of benzene rings is 2. The lowest BCUT2D eigenvalue weighted by molar-refractivity contribution is -0.137. The molecule has 0 amide bonds. The fourth-order valence-corrected chi connectivity index (χ4v) is 3.37. The molecule has 1 aliphatic rings. The van der Waals surface area contributed by atoms with Crippen LogP contribution in [-0.2, 0) is 25.8 Å². The van der Waals surface area contributed by atoms with Gasteiger partial charge in [-0.1, -0.05) is 23.7 Å². The van der Waals surface area contributed by atoms with E-state index in [1.165, 1.54) is 16.8 Å². The highest BCUT2D eigenvalue weighted by molar-refractivity contribution is 6.30. The van der Waals surface area contributed by atoms with Crippen molar-refractivity contribution in [1.29, 1.82) is 0 Å². The average molecular weight is 409 g/mol. The van der Waals surface area contributed by atoms with Gasteiger partial charge in [-0.3, -0.25) is 9.47 Å². The van der Waals surface area contributed by atoms with Crippen molar-refractivity contribution in [1.82, 2.24) is 19.2 Å². The molecule has 0 bridgehead atoms. The molecule has 3 aromatic rings. The molecule has 0 spiro atoms. The molecular formula is C19H16ClF3N4O. The van der Waals surface area contributed by atoms with E-state index in [0.717, 1.165) is 17.7 Å². The van der Waals surface area contributed by atoms with Crippen LogP contribution in [-0.4, -0.2) is 25.8 Å².